The number of hydrogen-bond donors (Lipinski definition) is 2. The molecule has 1 amide bonds. The Morgan fingerprint density at radius 3 is 2.29 bits per heavy atom. The summed E-state index contributed by atoms with van der Waals surface area (Å²) in [7, 11) is 0. The predicted octanol–water partition coefficient (Wildman–Crippen LogP) is 4.21. The smallest absolute Gasteiger partial charge is 0.412 e. The van der Waals surface area contributed by atoms with E-state index in [0.29, 0.717) is 25.7 Å². The van der Waals surface area contributed by atoms with Crippen molar-refractivity contribution < 1.29 is 28.2 Å². The Kier molecular flexibility index (Phi) is 4.82. The van der Waals surface area contributed by atoms with Crippen LogP contribution in [0.15, 0.2) is 12.1 Å². The fraction of sp³-hybridized carbons (Fsp3) is 0.529. The Morgan fingerprint density at radius 1 is 1.21 bits per heavy atom. The van der Waals surface area contributed by atoms with Crippen molar-refractivity contribution in [3.05, 3.63) is 29.3 Å². The van der Waals surface area contributed by atoms with Gasteiger partial charge in [-0.25, -0.2) is 13.6 Å². The molecule has 7 heteroatoms. The fourth-order valence-corrected chi connectivity index (χ4v) is 2.97. The van der Waals surface area contributed by atoms with Crippen molar-refractivity contribution in [2.75, 3.05) is 5.32 Å². The first-order valence-corrected chi connectivity index (χ1v) is 7.78. The van der Waals surface area contributed by atoms with Crippen molar-refractivity contribution in [3.63, 3.8) is 0 Å². The third-order valence-corrected chi connectivity index (χ3v) is 4.08. The molecule has 0 unspecified atom stereocenters. The second-order valence-electron chi connectivity index (χ2n) is 7.04. The summed E-state index contributed by atoms with van der Waals surface area (Å²) in [6, 6.07) is 2.08. The number of benzene rings is 1. The average Bonchev–Trinajstić information content (AvgIpc) is 2.92. The van der Waals surface area contributed by atoms with E-state index in [-0.39, 0.29) is 5.56 Å². The molecular formula is C17H21F2NO4. The zero-order chi connectivity index (χ0) is 18.1. The van der Waals surface area contributed by atoms with E-state index < -0.39 is 40.4 Å². The Bertz CT molecular complexity index is 661. The molecule has 0 spiro atoms. The highest BCUT2D eigenvalue weighted by Gasteiger charge is 2.43. The standard InChI is InChI=1S/C17H21F2NO4/c1-16(2,3)24-15(23)20-12-9-10(8-11(18)13(12)19)17(14(21)22)6-4-5-7-17/h8-9H,4-7H2,1-3H3,(H,20,23)(H,21,22). The maximum absolute atomic E-state index is 14.0. The predicted molar refractivity (Wildman–Crippen MR) is 84.0 cm³/mol. The maximum Gasteiger partial charge on any atom is 0.412 e. The lowest BCUT2D eigenvalue weighted by Crippen LogP contribution is -2.33. The van der Waals surface area contributed by atoms with Crippen LogP contribution < -0.4 is 5.32 Å². The van der Waals surface area contributed by atoms with Crippen LogP contribution in [0.3, 0.4) is 0 Å². The number of nitrogens with one attached hydrogen (secondary N) is 1. The van der Waals surface area contributed by atoms with Gasteiger partial charge in [0.25, 0.3) is 0 Å². The van der Waals surface area contributed by atoms with E-state index in [1.165, 1.54) is 6.07 Å². The van der Waals surface area contributed by atoms with Crippen molar-refractivity contribution in [1.29, 1.82) is 0 Å². The van der Waals surface area contributed by atoms with Crippen LogP contribution in [0.2, 0.25) is 0 Å². The van der Waals surface area contributed by atoms with Crippen molar-refractivity contribution in [2.24, 2.45) is 0 Å². The van der Waals surface area contributed by atoms with Crippen LogP contribution in [-0.2, 0) is 14.9 Å². The number of anilines is 1. The van der Waals surface area contributed by atoms with Gasteiger partial charge in [-0.05, 0) is 51.3 Å². The Morgan fingerprint density at radius 2 is 1.79 bits per heavy atom. The topological polar surface area (TPSA) is 75.6 Å². The summed E-state index contributed by atoms with van der Waals surface area (Å²) in [5.74, 6) is -3.52. The van der Waals surface area contributed by atoms with Crippen LogP contribution in [0.5, 0.6) is 0 Å². The van der Waals surface area contributed by atoms with Crippen LogP contribution >= 0.6 is 0 Å². The van der Waals surface area contributed by atoms with Crippen LogP contribution in [0.25, 0.3) is 0 Å². The number of aliphatic carboxylic acids is 1. The van der Waals surface area contributed by atoms with Gasteiger partial charge in [-0.1, -0.05) is 12.8 Å². The highest BCUT2D eigenvalue weighted by molar-refractivity contribution is 5.87. The van der Waals surface area contributed by atoms with Crippen LogP contribution in [0.1, 0.15) is 52.0 Å². The van der Waals surface area contributed by atoms with Gasteiger partial charge in [0, 0.05) is 0 Å². The SMILES string of the molecule is CC(C)(C)OC(=O)Nc1cc(C2(C(=O)O)CCCC2)cc(F)c1F. The first-order valence-electron chi connectivity index (χ1n) is 7.78. The molecule has 0 atom stereocenters. The monoisotopic (exact) mass is 341 g/mol. The summed E-state index contributed by atoms with van der Waals surface area (Å²) in [6.07, 6.45) is 1.15. The molecule has 1 aromatic carbocycles. The highest BCUT2D eigenvalue weighted by Crippen LogP contribution is 2.42. The molecule has 24 heavy (non-hydrogen) atoms. The average molecular weight is 341 g/mol. The number of carbonyl (C=O) groups excluding carboxylic acids is 1. The molecule has 2 rings (SSSR count). The van der Waals surface area contributed by atoms with Crippen LogP contribution in [0.4, 0.5) is 19.3 Å². The molecule has 1 aliphatic rings. The van der Waals surface area contributed by atoms with Gasteiger partial charge in [0.05, 0.1) is 11.1 Å². The number of ether oxygens (including phenoxy) is 1. The highest BCUT2D eigenvalue weighted by atomic mass is 19.2. The molecular weight excluding hydrogens is 320 g/mol. The van der Waals surface area contributed by atoms with E-state index in [0.717, 1.165) is 6.07 Å². The quantitative estimate of drug-likeness (QED) is 0.863. The van der Waals surface area contributed by atoms with Crippen molar-refractivity contribution in [2.45, 2.75) is 57.5 Å². The molecule has 0 aliphatic heterocycles. The Hall–Kier alpha value is -2.18. The number of carbonyl (C=O) groups is 2. The summed E-state index contributed by atoms with van der Waals surface area (Å²) in [6.45, 7) is 4.91. The van der Waals surface area contributed by atoms with Crippen molar-refractivity contribution in [3.8, 4) is 0 Å². The third-order valence-electron chi connectivity index (χ3n) is 4.08. The molecule has 0 heterocycles. The second-order valence-corrected chi connectivity index (χ2v) is 7.04. The normalized spacial score (nSPS) is 16.7. The number of carboxylic acid groups (broad SMARTS) is 1. The van der Waals surface area contributed by atoms with Gasteiger partial charge in [-0.15, -0.1) is 0 Å². The van der Waals surface area contributed by atoms with E-state index in [1.807, 2.05) is 0 Å². The fourth-order valence-electron chi connectivity index (χ4n) is 2.97. The molecule has 0 saturated heterocycles. The minimum Gasteiger partial charge on any atom is -0.481 e. The molecule has 1 fully saturated rings. The van der Waals surface area contributed by atoms with Gasteiger partial charge in [0.2, 0.25) is 0 Å². The lowest BCUT2D eigenvalue weighted by molar-refractivity contribution is -0.143. The number of amides is 1. The second kappa shape index (κ2) is 6.37. The number of rotatable bonds is 3. The lowest BCUT2D eigenvalue weighted by atomic mass is 9.78. The molecule has 0 aromatic heterocycles. The number of halogens is 2. The molecule has 1 aromatic rings. The minimum atomic E-state index is -1.25. The third kappa shape index (κ3) is 3.66. The first kappa shape index (κ1) is 18.2. The van der Waals surface area contributed by atoms with E-state index in [2.05, 4.69) is 5.32 Å². The summed E-state index contributed by atoms with van der Waals surface area (Å²) < 4.78 is 33.0. The summed E-state index contributed by atoms with van der Waals surface area (Å²) >= 11 is 0. The zero-order valence-corrected chi connectivity index (χ0v) is 13.9. The van der Waals surface area contributed by atoms with Crippen LogP contribution in [0, 0.1) is 11.6 Å². The van der Waals surface area contributed by atoms with E-state index in [9.17, 15) is 23.5 Å². The molecule has 5 nitrogen and oxygen atoms in total. The molecule has 132 valence electrons. The van der Waals surface area contributed by atoms with E-state index >= 15 is 0 Å². The summed E-state index contributed by atoms with van der Waals surface area (Å²) in [5.41, 5.74) is -2.33. The molecule has 0 bridgehead atoms. The Labute approximate surface area is 139 Å². The van der Waals surface area contributed by atoms with Gasteiger partial charge in [-0.3, -0.25) is 10.1 Å². The van der Waals surface area contributed by atoms with E-state index in [4.69, 9.17) is 4.74 Å². The number of carboxylic acids is 1. The molecule has 1 saturated carbocycles. The summed E-state index contributed by atoms with van der Waals surface area (Å²) in [5, 5.41) is 11.7. The van der Waals surface area contributed by atoms with Gasteiger partial charge < -0.3 is 9.84 Å². The maximum atomic E-state index is 14.0. The lowest BCUT2D eigenvalue weighted by Gasteiger charge is -2.25. The molecule has 0 radical (unpaired) electrons. The largest absolute Gasteiger partial charge is 0.481 e. The summed E-state index contributed by atoms with van der Waals surface area (Å²) in [4.78, 5) is 23.5. The van der Waals surface area contributed by atoms with Crippen LogP contribution in [-0.4, -0.2) is 22.8 Å². The van der Waals surface area contributed by atoms with Gasteiger partial charge in [0.15, 0.2) is 11.6 Å². The van der Waals surface area contributed by atoms with Gasteiger partial charge in [-0.2, -0.15) is 0 Å². The first-order chi connectivity index (χ1) is 11.0. The minimum absolute atomic E-state index is 0.150. The van der Waals surface area contributed by atoms with Gasteiger partial charge in [0.1, 0.15) is 5.60 Å². The van der Waals surface area contributed by atoms with Crippen molar-refractivity contribution in [1.82, 2.24) is 0 Å². The molecule has 2 N–H and O–H groups in total. The Balaban J connectivity index is 2.38. The van der Waals surface area contributed by atoms with Crippen molar-refractivity contribution >= 4 is 17.7 Å². The van der Waals surface area contributed by atoms with Gasteiger partial charge >= 0.3 is 12.1 Å². The van der Waals surface area contributed by atoms with E-state index in [1.54, 1.807) is 20.8 Å². The zero-order valence-electron chi connectivity index (χ0n) is 13.9. The molecule has 1 aliphatic carbocycles. The number of hydrogen-bond acceptors (Lipinski definition) is 3.